The zero-order valence-corrected chi connectivity index (χ0v) is 5.60. The molecule has 7 nitrogen and oxygen atoms in total. The third-order valence-electron chi connectivity index (χ3n) is 0.995. The lowest BCUT2D eigenvalue weighted by Crippen LogP contribution is -2.42. The highest BCUT2D eigenvalue weighted by atomic mass is 15.5. The Morgan fingerprint density at radius 3 is 2.82 bits per heavy atom. The summed E-state index contributed by atoms with van der Waals surface area (Å²) in [6, 6.07) is 1.49. The van der Waals surface area contributed by atoms with Crippen LogP contribution in [0.2, 0.25) is 0 Å². The average Bonchev–Trinajstić information content (AvgIpc) is 2.05. The average molecular weight is 153 g/mol. The van der Waals surface area contributed by atoms with E-state index in [-0.39, 0.29) is 11.8 Å². The normalized spacial score (nSPS) is 9.18. The smallest absolute Gasteiger partial charge is 0.209 e. The van der Waals surface area contributed by atoms with Crippen LogP contribution in [0.1, 0.15) is 0 Å². The van der Waals surface area contributed by atoms with Crippen molar-refractivity contribution < 1.29 is 0 Å². The zero-order valence-electron chi connectivity index (χ0n) is 5.60. The second kappa shape index (κ2) is 2.88. The molecule has 0 radical (unpaired) electrons. The molecule has 0 aliphatic heterocycles. The number of nitrogens with two attached hydrogens (primary N) is 2. The van der Waals surface area contributed by atoms with Gasteiger partial charge in [0.2, 0.25) is 5.96 Å². The number of nitrogens with one attached hydrogen (secondary N) is 1. The highest BCUT2D eigenvalue weighted by molar-refractivity contribution is 5.89. The fourth-order valence-corrected chi connectivity index (χ4v) is 0.487. The van der Waals surface area contributed by atoms with Crippen LogP contribution in [0.25, 0.3) is 0 Å². The van der Waals surface area contributed by atoms with E-state index in [9.17, 15) is 0 Å². The first-order chi connectivity index (χ1) is 5.22. The first kappa shape index (κ1) is 7.35. The van der Waals surface area contributed by atoms with Gasteiger partial charge in [-0.2, -0.15) is 0 Å². The summed E-state index contributed by atoms with van der Waals surface area (Å²) in [4.78, 5) is 0. The molecule has 0 amide bonds. The molecule has 0 aliphatic rings. The molecule has 5 N–H and O–H groups in total. The highest BCUT2D eigenvalue weighted by Gasteiger charge is 2.04. The van der Waals surface area contributed by atoms with Crippen molar-refractivity contribution in [1.82, 2.24) is 15.4 Å². The maximum atomic E-state index is 6.93. The van der Waals surface area contributed by atoms with E-state index in [1.54, 1.807) is 0 Å². The van der Waals surface area contributed by atoms with Crippen LogP contribution < -0.4 is 16.6 Å². The zero-order chi connectivity index (χ0) is 8.27. The van der Waals surface area contributed by atoms with Crippen LogP contribution in [-0.4, -0.2) is 21.4 Å². The van der Waals surface area contributed by atoms with E-state index in [4.69, 9.17) is 17.0 Å². The molecule has 0 atom stereocenters. The summed E-state index contributed by atoms with van der Waals surface area (Å²) in [6.07, 6.45) is 1.41. The van der Waals surface area contributed by atoms with Gasteiger partial charge in [0.15, 0.2) is 5.82 Å². The van der Waals surface area contributed by atoms with Crippen LogP contribution >= 0.6 is 0 Å². The SMILES string of the molecule is N=C(N)N(N)c1ccnnn1. The fraction of sp³-hybridized carbons (Fsp3) is 0. The van der Waals surface area contributed by atoms with Crippen LogP contribution in [0, 0.1) is 5.41 Å². The molecule has 0 saturated heterocycles. The van der Waals surface area contributed by atoms with Crippen LogP contribution in [0.15, 0.2) is 12.3 Å². The Morgan fingerprint density at radius 2 is 2.36 bits per heavy atom. The van der Waals surface area contributed by atoms with Gasteiger partial charge >= 0.3 is 0 Å². The van der Waals surface area contributed by atoms with Crippen molar-refractivity contribution >= 4 is 11.8 Å². The van der Waals surface area contributed by atoms with Gasteiger partial charge in [0.25, 0.3) is 0 Å². The van der Waals surface area contributed by atoms with Gasteiger partial charge in [0.05, 0.1) is 6.20 Å². The van der Waals surface area contributed by atoms with E-state index in [0.717, 1.165) is 5.01 Å². The Morgan fingerprint density at radius 1 is 1.64 bits per heavy atom. The summed E-state index contributed by atoms with van der Waals surface area (Å²) in [7, 11) is 0. The Bertz CT molecular complexity index is 244. The topological polar surface area (TPSA) is 118 Å². The number of nitrogens with zero attached hydrogens (tertiary/aromatic N) is 4. The molecule has 1 aromatic rings. The number of hydrogen-bond acceptors (Lipinski definition) is 5. The summed E-state index contributed by atoms with van der Waals surface area (Å²) >= 11 is 0. The number of hydrogen-bond donors (Lipinski definition) is 3. The van der Waals surface area contributed by atoms with Gasteiger partial charge < -0.3 is 5.73 Å². The summed E-state index contributed by atoms with van der Waals surface area (Å²) < 4.78 is 0. The Kier molecular flexibility index (Phi) is 1.93. The predicted octanol–water partition coefficient (Wildman–Crippen LogP) is -1.55. The Hall–Kier alpha value is -1.76. The van der Waals surface area contributed by atoms with Gasteiger partial charge in [-0.1, -0.05) is 0 Å². The molecular formula is C4H7N7. The van der Waals surface area contributed by atoms with Crippen molar-refractivity contribution in [2.24, 2.45) is 11.6 Å². The van der Waals surface area contributed by atoms with E-state index in [1.165, 1.54) is 12.3 Å². The molecule has 0 bridgehead atoms. The standard InChI is InChI=1S/C4H7N7/c5-4(6)11(7)3-1-2-8-10-9-3/h1-2H,7H2,(H3,5,6). The Labute approximate surface area is 62.5 Å². The highest BCUT2D eigenvalue weighted by Crippen LogP contribution is 1.99. The molecule has 1 rings (SSSR count). The molecule has 0 aromatic carbocycles. The lowest BCUT2D eigenvalue weighted by atomic mass is 10.6. The molecule has 0 fully saturated rings. The molecule has 1 aromatic heterocycles. The second-order valence-electron chi connectivity index (χ2n) is 1.73. The summed E-state index contributed by atoms with van der Waals surface area (Å²) in [5.41, 5.74) is 5.06. The molecule has 0 aliphatic carbocycles. The van der Waals surface area contributed by atoms with Crippen LogP contribution in [-0.2, 0) is 0 Å². The van der Waals surface area contributed by atoms with E-state index < -0.39 is 0 Å². The van der Waals surface area contributed by atoms with Gasteiger partial charge in [-0.3, -0.25) is 5.41 Å². The van der Waals surface area contributed by atoms with E-state index >= 15 is 0 Å². The van der Waals surface area contributed by atoms with Crippen molar-refractivity contribution in [3.63, 3.8) is 0 Å². The van der Waals surface area contributed by atoms with E-state index in [2.05, 4.69) is 15.4 Å². The van der Waals surface area contributed by atoms with Gasteiger partial charge in [0.1, 0.15) is 0 Å². The van der Waals surface area contributed by atoms with Crippen molar-refractivity contribution in [1.29, 1.82) is 5.41 Å². The summed E-state index contributed by atoms with van der Waals surface area (Å²) in [5.74, 6) is 5.28. The van der Waals surface area contributed by atoms with Crippen molar-refractivity contribution in [3.8, 4) is 0 Å². The quantitative estimate of drug-likeness (QED) is 0.194. The van der Waals surface area contributed by atoms with Crippen molar-refractivity contribution in [2.75, 3.05) is 5.01 Å². The van der Waals surface area contributed by atoms with Gasteiger partial charge in [-0.15, -0.1) is 10.2 Å². The van der Waals surface area contributed by atoms with Gasteiger partial charge in [0, 0.05) is 6.07 Å². The number of rotatable bonds is 1. The number of anilines is 1. The molecule has 58 valence electrons. The van der Waals surface area contributed by atoms with Crippen molar-refractivity contribution in [3.05, 3.63) is 12.3 Å². The minimum atomic E-state index is -0.300. The van der Waals surface area contributed by atoms with E-state index in [0.29, 0.717) is 0 Å². The van der Waals surface area contributed by atoms with Gasteiger partial charge in [-0.25, -0.2) is 10.9 Å². The molecule has 0 saturated carbocycles. The molecule has 0 spiro atoms. The first-order valence-electron chi connectivity index (χ1n) is 2.75. The maximum Gasteiger partial charge on any atom is 0.209 e. The van der Waals surface area contributed by atoms with Crippen LogP contribution in [0.5, 0.6) is 0 Å². The van der Waals surface area contributed by atoms with E-state index in [1.807, 2.05) is 0 Å². The monoisotopic (exact) mass is 153 g/mol. The number of hydrazine groups is 1. The Balaban J connectivity index is 2.85. The lowest BCUT2D eigenvalue weighted by molar-refractivity contribution is 0.845. The molecule has 0 unspecified atom stereocenters. The lowest BCUT2D eigenvalue weighted by Gasteiger charge is -2.12. The minimum Gasteiger partial charge on any atom is -0.369 e. The number of guanidine groups is 1. The minimum absolute atomic E-state index is 0.285. The van der Waals surface area contributed by atoms with Gasteiger partial charge in [-0.05, 0) is 5.21 Å². The predicted molar refractivity (Wildman–Crippen MR) is 38.4 cm³/mol. The summed E-state index contributed by atoms with van der Waals surface area (Å²) in [6.45, 7) is 0. The van der Waals surface area contributed by atoms with Crippen LogP contribution in [0.4, 0.5) is 5.82 Å². The molecule has 1 heterocycles. The maximum absolute atomic E-state index is 6.93. The largest absolute Gasteiger partial charge is 0.369 e. The third kappa shape index (κ3) is 1.58. The first-order valence-corrected chi connectivity index (χ1v) is 2.75. The fourth-order valence-electron chi connectivity index (χ4n) is 0.487. The molecule has 7 heteroatoms. The molecular weight excluding hydrogens is 146 g/mol. The summed E-state index contributed by atoms with van der Waals surface area (Å²) in [5, 5.41) is 18.1. The second-order valence-corrected chi connectivity index (χ2v) is 1.73. The third-order valence-corrected chi connectivity index (χ3v) is 0.995. The number of aromatic nitrogens is 3. The van der Waals surface area contributed by atoms with Crippen molar-refractivity contribution in [2.45, 2.75) is 0 Å². The van der Waals surface area contributed by atoms with Crippen LogP contribution in [0.3, 0.4) is 0 Å². The molecule has 11 heavy (non-hydrogen) atoms.